The van der Waals surface area contributed by atoms with Gasteiger partial charge in [-0.05, 0) is 40.7 Å². The number of ether oxygens (including phenoxy) is 1. The minimum Gasteiger partial charge on any atom is -0.495 e. The number of thioether (sulfide) groups is 1. The highest BCUT2D eigenvalue weighted by atomic mass is 79.9. The second kappa shape index (κ2) is 7.71. The largest absolute Gasteiger partial charge is 0.495 e. The van der Waals surface area contributed by atoms with E-state index in [2.05, 4.69) is 15.9 Å². The summed E-state index contributed by atoms with van der Waals surface area (Å²) in [6.45, 7) is 1.97. The Bertz CT molecular complexity index is 593. The van der Waals surface area contributed by atoms with E-state index in [1.807, 2.05) is 13.2 Å². The standard InChI is InChI=1S/C13H21BrN2O3S2/c1-5-9(8-20-4)16(2)21(17,18)13-7-11(15)10(14)6-12(13)19-3/h6-7,9H,5,8,15H2,1-4H3. The topological polar surface area (TPSA) is 72.6 Å². The third-order valence-electron chi connectivity index (χ3n) is 3.28. The minimum absolute atomic E-state index is 0.0698. The molecule has 5 nitrogen and oxygen atoms in total. The molecule has 0 radical (unpaired) electrons. The van der Waals surface area contributed by atoms with Gasteiger partial charge in [0.15, 0.2) is 0 Å². The Morgan fingerprint density at radius 1 is 1.48 bits per heavy atom. The number of benzene rings is 1. The number of nitrogens with zero attached hydrogens (tertiary/aromatic N) is 1. The lowest BCUT2D eigenvalue weighted by Crippen LogP contribution is -2.38. The van der Waals surface area contributed by atoms with Crippen LogP contribution in [-0.4, -0.2) is 44.9 Å². The van der Waals surface area contributed by atoms with Crippen molar-refractivity contribution in [3.8, 4) is 5.75 Å². The van der Waals surface area contributed by atoms with Crippen molar-refractivity contribution < 1.29 is 13.2 Å². The predicted molar refractivity (Wildman–Crippen MR) is 92.5 cm³/mol. The summed E-state index contributed by atoms with van der Waals surface area (Å²) in [5, 5.41) is 0. The molecule has 0 bridgehead atoms. The second-order valence-electron chi connectivity index (χ2n) is 4.56. The van der Waals surface area contributed by atoms with Crippen molar-refractivity contribution >= 4 is 43.4 Å². The summed E-state index contributed by atoms with van der Waals surface area (Å²) >= 11 is 4.90. The molecule has 0 amide bonds. The van der Waals surface area contributed by atoms with Crippen LogP contribution in [0.1, 0.15) is 13.3 Å². The monoisotopic (exact) mass is 396 g/mol. The van der Waals surface area contributed by atoms with Crippen LogP contribution in [0.3, 0.4) is 0 Å². The number of hydrogen-bond donors (Lipinski definition) is 1. The molecule has 0 heterocycles. The van der Waals surface area contributed by atoms with E-state index in [1.54, 1.807) is 24.9 Å². The van der Waals surface area contributed by atoms with E-state index in [4.69, 9.17) is 10.5 Å². The molecule has 0 aliphatic rings. The van der Waals surface area contributed by atoms with Crippen molar-refractivity contribution in [1.82, 2.24) is 4.31 Å². The van der Waals surface area contributed by atoms with Gasteiger partial charge in [-0.15, -0.1) is 0 Å². The molecule has 0 aromatic heterocycles. The molecule has 0 saturated carbocycles. The maximum atomic E-state index is 12.8. The SMILES string of the molecule is CCC(CSC)N(C)S(=O)(=O)c1cc(N)c(Br)cc1OC. The van der Waals surface area contributed by atoms with E-state index >= 15 is 0 Å². The van der Waals surface area contributed by atoms with Gasteiger partial charge in [0.05, 0.1) is 7.11 Å². The van der Waals surface area contributed by atoms with Crippen LogP contribution in [0.25, 0.3) is 0 Å². The number of nitrogens with two attached hydrogens (primary N) is 1. The van der Waals surface area contributed by atoms with Crippen LogP contribution >= 0.6 is 27.7 Å². The van der Waals surface area contributed by atoms with Gasteiger partial charge in [0, 0.05) is 29.0 Å². The fourth-order valence-corrected chi connectivity index (χ4v) is 4.80. The lowest BCUT2D eigenvalue weighted by Gasteiger charge is -2.26. The molecule has 0 saturated heterocycles. The van der Waals surface area contributed by atoms with E-state index < -0.39 is 10.0 Å². The number of rotatable bonds is 7. The smallest absolute Gasteiger partial charge is 0.246 e. The van der Waals surface area contributed by atoms with Gasteiger partial charge in [0.1, 0.15) is 10.6 Å². The molecule has 8 heteroatoms. The molecule has 0 spiro atoms. The first-order valence-electron chi connectivity index (χ1n) is 6.39. The molecule has 120 valence electrons. The molecule has 2 N–H and O–H groups in total. The Kier molecular flexibility index (Phi) is 6.83. The van der Waals surface area contributed by atoms with Crippen molar-refractivity contribution in [2.24, 2.45) is 0 Å². The molecule has 1 rings (SSSR count). The highest BCUT2D eigenvalue weighted by molar-refractivity contribution is 9.10. The van der Waals surface area contributed by atoms with Crippen LogP contribution in [0, 0.1) is 0 Å². The van der Waals surface area contributed by atoms with Gasteiger partial charge in [0.25, 0.3) is 0 Å². The number of sulfonamides is 1. The van der Waals surface area contributed by atoms with Crippen LogP contribution in [0.15, 0.2) is 21.5 Å². The maximum absolute atomic E-state index is 12.8. The van der Waals surface area contributed by atoms with Crippen molar-refractivity contribution in [2.45, 2.75) is 24.3 Å². The zero-order chi connectivity index (χ0) is 16.2. The lowest BCUT2D eigenvalue weighted by molar-refractivity contribution is 0.374. The fraction of sp³-hybridized carbons (Fsp3) is 0.538. The van der Waals surface area contributed by atoms with Gasteiger partial charge in [-0.2, -0.15) is 16.1 Å². The van der Waals surface area contributed by atoms with Crippen molar-refractivity contribution in [1.29, 1.82) is 0 Å². The summed E-state index contributed by atoms with van der Waals surface area (Å²) in [5.41, 5.74) is 6.18. The minimum atomic E-state index is -3.66. The number of hydrogen-bond acceptors (Lipinski definition) is 5. The summed E-state index contributed by atoms with van der Waals surface area (Å²) in [6.07, 6.45) is 2.70. The Hall–Kier alpha value is -0.440. The van der Waals surface area contributed by atoms with Crippen LogP contribution < -0.4 is 10.5 Å². The first kappa shape index (κ1) is 18.6. The molecule has 1 unspecified atom stereocenters. The molecular weight excluding hydrogens is 376 g/mol. The zero-order valence-corrected chi connectivity index (χ0v) is 15.8. The van der Waals surface area contributed by atoms with Gasteiger partial charge in [-0.1, -0.05) is 6.92 Å². The Morgan fingerprint density at radius 2 is 2.10 bits per heavy atom. The third-order valence-corrected chi connectivity index (χ3v) is 6.62. The van der Waals surface area contributed by atoms with Gasteiger partial charge in [-0.3, -0.25) is 0 Å². The first-order chi connectivity index (χ1) is 9.79. The summed E-state index contributed by atoms with van der Waals surface area (Å²) in [5.74, 6) is 1.02. The van der Waals surface area contributed by atoms with Crippen LogP contribution in [0.4, 0.5) is 5.69 Å². The van der Waals surface area contributed by atoms with Crippen molar-refractivity contribution in [2.75, 3.05) is 31.9 Å². The molecule has 1 aromatic carbocycles. The third kappa shape index (κ3) is 4.06. The van der Waals surface area contributed by atoms with Gasteiger partial charge < -0.3 is 10.5 Å². The molecule has 1 aromatic rings. The predicted octanol–water partition coefficient (Wildman–Crippen LogP) is 2.80. The van der Waals surface area contributed by atoms with Gasteiger partial charge in [-0.25, -0.2) is 8.42 Å². The van der Waals surface area contributed by atoms with E-state index in [1.165, 1.54) is 17.5 Å². The van der Waals surface area contributed by atoms with E-state index in [0.29, 0.717) is 10.2 Å². The molecule has 0 fully saturated rings. The highest BCUT2D eigenvalue weighted by Gasteiger charge is 2.30. The first-order valence-corrected chi connectivity index (χ1v) is 10.0. The fourth-order valence-electron chi connectivity index (χ4n) is 1.94. The Balaban J connectivity index is 3.33. The summed E-state index contributed by atoms with van der Waals surface area (Å²) < 4.78 is 32.8. The van der Waals surface area contributed by atoms with Crippen LogP contribution in [-0.2, 0) is 10.0 Å². The molecular formula is C13H21BrN2O3S2. The van der Waals surface area contributed by atoms with Gasteiger partial charge in [0.2, 0.25) is 10.0 Å². The van der Waals surface area contributed by atoms with Crippen LogP contribution in [0.5, 0.6) is 5.75 Å². The van der Waals surface area contributed by atoms with Crippen molar-refractivity contribution in [3.05, 3.63) is 16.6 Å². The highest BCUT2D eigenvalue weighted by Crippen LogP contribution is 2.34. The van der Waals surface area contributed by atoms with E-state index in [9.17, 15) is 8.42 Å². The van der Waals surface area contributed by atoms with Crippen LogP contribution in [0.2, 0.25) is 0 Å². The molecule has 0 aliphatic carbocycles. The molecule has 1 atom stereocenters. The Morgan fingerprint density at radius 3 is 2.57 bits per heavy atom. The number of nitrogen functional groups attached to an aromatic ring is 1. The average Bonchev–Trinajstić information content (AvgIpc) is 2.46. The number of anilines is 1. The van der Waals surface area contributed by atoms with E-state index in [0.717, 1.165) is 12.2 Å². The molecule has 21 heavy (non-hydrogen) atoms. The number of methoxy groups -OCH3 is 1. The maximum Gasteiger partial charge on any atom is 0.246 e. The average molecular weight is 397 g/mol. The summed E-state index contributed by atoms with van der Waals surface area (Å²) in [7, 11) is -0.625. The second-order valence-corrected chi connectivity index (χ2v) is 8.29. The van der Waals surface area contributed by atoms with E-state index in [-0.39, 0.29) is 16.7 Å². The number of halogens is 1. The summed E-state index contributed by atoms with van der Waals surface area (Å²) in [4.78, 5) is 0.0905. The lowest BCUT2D eigenvalue weighted by atomic mass is 10.3. The van der Waals surface area contributed by atoms with Gasteiger partial charge >= 0.3 is 0 Å². The summed E-state index contributed by atoms with van der Waals surface area (Å²) in [6, 6.07) is 2.94. The quantitative estimate of drug-likeness (QED) is 0.717. The Labute approximate surface area is 139 Å². The normalized spacial score (nSPS) is 13.4. The zero-order valence-electron chi connectivity index (χ0n) is 12.6. The van der Waals surface area contributed by atoms with Crippen molar-refractivity contribution in [3.63, 3.8) is 0 Å². The molecule has 0 aliphatic heterocycles.